The molecule has 0 aliphatic carbocycles. The lowest BCUT2D eigenvalue weighted by molar-refractivity contribution is -0.385. The number of nitro benzene ring substituents is 1. The fraction of sp³-hybridized carbons (Fsp3) is 0.400. The molecule has 0 aliphatic heterocycles. The molecule has 1 aromatic carbocycles. The van der Waals surface area contributed by atoms with Crippen LogP contribution in [0.5, 0.6) is 0 Å². The number of benzene rings is 1. The number of imidazole rings is 1. The maximum Gasteiger partial charge on any atom is 0.274 e. The zero-order chi connectivity index (χ0) is 15.4. The topological polar surface area (TPSA) is 73.0 Å². The van der Waals surface area contributed by atoms with E-state index in [0.717, 1.165) is 16.9 Å². The minimum absolute atomic E-state index is 0.167. The number of anilines is 1. The van der Waals surface area contributed by atoms with E-state index in [-0.39, 0.29) is 10.6 Å². The lowest BCUT2D eigenvalue weighted by Crippen LogP contribution is -2.09. The zero-order valence-electron chi connectivity index (χ0n) is 12.5. The van der Waals surface area contributed by atoms with E-state index in [2.05, 4.69) is 28.7 Å². The van der Waals surface area contributed by atoms with Crippen LogP contribution in [0, 0.1) is 10.1 Å². The van der Waals surface area contributed by atoms with E-state index in [1.165, 1.54) is 0 Å². The Bertz CT molecular complexity index is 634. The van der Waals surface area contributed by atoms with E-state index in [1.807, 2.05) is 19.2 Å². The highest BCUT2D eigenvalue weighted by atomic mass is 16.6. The number of nitrogens with one attached hydrogen (secondary N) is 1. The lowest BCUT2D eigenvalue weighted by atomic mass is 10.1. The Labute approximate surface area is 124 Å². The summed E-state index contributed by atoms with van der Waals surface area (Å²) in [5.74, 6) is 0. The molecule has 0 spiro atoms. The Balaban J connectivity index is 2.15. The molecule has 1 aromatic heterocycles. The first-order chi connectivity index (χ1) is 10.0. The average Bonchev–Trinajstić information content (AvgIpc) is 2.93. The molecule has 21 heavy (non-hydrogen) atoms. The standard InChI is InChI=1S/C15H20N4O2/c1-4-12-5-6-13(7-15(12)19(20)21)17-9-14-8-16-10-18(14)11(2)3/h5-8,10-11,17H,4,9H2,1-3H3. The quantitative estimate of drug-likeness (QED) is 0.651. The average molecular weight is 288 g/mol. The predicted molar refractivity (Wildman–Crippen MR) is 82.4 cm³/mol. The van der Waals surface area contributed by atoms with Crippen molar-refractivity contribution in [3.8, 4) is 0 Å². The number of rotatable bonds is 6. The second-order valence-electron chi connectivity index (χ2n) is 5.19. The van der Waals surface area contributed by atoms with Gasteiger partial charge in [-0.1, -0.05) is 13.0 Å². The highest BCUT2D eigenvalue weighted by Crippen LogP contribution is 2.24. The van der Waals surface area contributed by atoms with Crippen LogP contribution in [0.1, 0.15) is 38.1 Å². The minimum atomic E-state index is -0.331. The first kappa shape index (κ1) is 15.0. The fourth-order valence-electron chi connectivity index (χ4n) is 2.27. The zero-order valence-corrected chi connectivity index (χ0v) is 12.5. The van der Waals surface area contributed by atoms with Crippen molar-refractivity contribution in [3.05, 3.63) is 52.1 Å². The summed E-state index contributed by atoms with van der Waals surface area (Å²) < 4.78 is 2.07. The maximum absolute atomic E-state index is 11.1. The van der Waals surface area contributed by atoms with Crippen LogP contribution in [0.15, 0.2) is 30.7 Å². The maximum atomic E-state index is 11.1. The Morgan fingerprint density at radius 3 is 2.81 bits per heavy atom. The molecule has 0 bridgehead atoms. The second-order valence-corrected chi connectivity index (χ2v) is 5.19. The van der Waals surface area contributed by atoms with Crippen molar-refractivity contribution >= 4 is 11.4 Å². The van der Waals surface area contributed by atoms with E-state index in [0.29, 0.717) is 19.0 Å². The Kier molecular flexibility index (Phi) is 4.57. The van der Waals surface area contributed by atoms with E-state index >= 15 is 0 Å². The highest BCUT2D eigenvalue weighted by molar-refractivity contribution is 5.55. The summed E-state index contributed by atoms with van der Waals surface area (Å²) >= 11 is 0. The van der Waals surface area contributed by atoms with E-state index in [4.69, 9.17) is 0 Å². The van der Waals surface area contributed by atoms with Crippen LogP contribution in [-0.4, -0.2) is 14.5 Å². The fourth-order valence-corrected chi connectivity index (χ4v) is 2.27. The molecule has 0 unspecified atom stereocenters. The molecule has 0 amide bonds. The van der Waals surface area contributed by atoms with Crippen molar-refractivity contribution in [1.82, 2.24) is 9.55 Å². The van der Waals surface area contributed by atoms with Crippen LogP contribution >= 0.6 is 0 Å². The summed E-state index contributed by atoms with van der Waals surface area (Å²) in [6, 6.07) is 5.61. The first-order valence-corrected chi connectivity index (χ1v) is 7.04. The van der Waals surface area contributed by atoms with Gasteiger partial charge >= 0.3 is 0 Å². The molecule has 6 heteroatoms. The molecule has 0 radical (unpaired) electrons. The summed E-state index contributed by atoms with van der Waals surface area (Å²) in [7, 11) is 0. The molecule has 2 rings (SSSR count). The first-order valence-electron chi connectivity index (χ1n) is 7.04. The van der Waals surface area contributed by atoms with Gasteiger partial charge in [-0.05, 0) is 26.3 Å². The SMILES string of the molecule is CCc1ccc(NCc2cncn2C(C)C)cc1[N+](=O)[O-]. The molecule has 112 valence electrons. The van der Waals surface area contributed by atoms with Crippen LogP contribution in [0.2, 0.25) is 0 Å². The molecular formula is C15H20N4O2. The molecule has 0 saturated heterocycles. The summed E-state index contributed by atoms with van der Waals surface area (Å²) in [5, 5.41) is 14.3. The number of aromatic nitrogens is 2. The van der Waals surface area contributed by atoms with E-state index < -0.39 is 0 Å². The van der Waals surface area contributed by atoms with Gasteiger partial charge in [0.05, 0.1) is 23.5 Å². The van der Waals surface area contributed by atoms with Gasteiger partial charge in [0, 0.05) is 29.6 Å². The van der Waals surface area contributed by atoms with Gasteiger partial charge in [0.15, 0.2) is 0 Å². The van der Waals surface area contributed by atoms with Crippen LogP contribution < -0.4 is 5.32 Å². The third kappa shape index (κ3) is 3.39. The third-order valence-electron chi connectivity index (χ3n) is 3.44. The largest absolute Gasteiger partial charge is 0.379 e. The Hall–Kier alpha value is -2.37. The van der Waals surface area contributed by atoms with Crippen LogP contribution in [-0.2, 0) is 13.0 Å². The number of hydrogen-bond donors (Lipinski definition) is 1. The van der Waals surface area contributed by atoms with Gasteiger partial charge in [0.1, 0.15) is 0 Å². The second kappa shape index (κ2) is 6.39. The van der Waals surface area contributed by atoms with Gasteiger partial charge in [0.25, 0.3) is 5.69 Å². The minimum Gasteiger partial charge on any atom is -0.379 e. The van der Waals surface area contributed by atoms with Gasteiger partial charge in [-0.3, -0.25) is 10.1 Å². The van der Waals surface area contributed by atoms with Crippen LogP contribution in [0.4, 0.5) is 11.4 Å². The summed E-state index contributed by atoms with van der Waals surface area (Å²) in [6.45, 7) is 6.68. The molecule has 6 nitrogen and oxygen atoms in total. The highest BCUT2D eigenvalue weighted by Gasteiger charge is 2.13. The Morgan fingerprint density at radius 2 is 2.19 bits per heavy atom. The number of hydrogen-bond acceptors (Lipinski definition) is 4. The molecular weight excluding hydrogens is 268 g/mol. The van der Waals surface area contributed by atoms with Crippen molar-refractivity contribution in [2.45, 2.75) is 39.8 Å². The van der Waals surface area contributed by atoms with Crippen molar-refractivity contribution in [1.29, 1.82) is 0 Å². The molecule has 1 heterocycles. The smallest absolute Gasteiger partial charge is 0.274 e. The van der Waals surface area contributed by atoms with Crippen molar-refractivity contribution in [3.63, 3.8) is 0 Å². The van der Waals surface area contributed by atoms with Gasteiger partial charge in [-0.15, -0.1) is 0 Å². The molecule has 0 fully saturated rings. The van der Waals surface area contributed by atoms with Crippen LogP contribution in [0.25, 0.3) is 0 Å². The molecule has 0 aliphatic rings. The Morgan fingerprint density at radius 1 is 1.43 bits per heavy atom. The van der Waals surface area contributed by atoms with Gasteiger partial charge in [-0.25, -0.2) is 4.98 Å². The van der Waals surface area contributed by atoms with Gasteiger partial charge < -0.3 is 9.88 Å². The van der Waals surface area contributed by atoms with Gasteiger partial charge in [-0.2, -0.15) is 0 Å². The van der Waals surface area contributed by atoms with Gasteiger partial charge in [0.2, 0.25) is 0 Å². The molecule has 0 saturated carbocycles. The van der Waals surface area contributed by atoms with Crippen molar-refractivity contribution < 1.29 is 4.92 Å². The van der Waals surface area contributed by atoms with E-state index in [1.54, 1.807) is 18.5 Å². The monoisotopic (exact) mass is 288 g/mol. The molecule has 1 N–H and O–H groups in total. The van der Waals surface area contributed by atoms with Crippen LogP contribution in [0.3, 0.4) is 0 Å². The summed E-state index contributed by atoms with van der Waals surface area (Å²) in [4.78, 5) is 14.9. The lowest BCUT2D eigenvalue weighted by Gasteiger charge is -2.13. The summed E-state index contributed by atoms with van der Waals surface area (Å²) in [5.41, 5.74) is 2.71. The predicted octanol–water partition coefficient (Wildman–Crippen LogP) is 3.55. The van der Waals surface area contributed by atoms with Crippen molar-refractivity contribution in [2.75, 3.05) is 5.32 Å². The molecule has 0 atom stereocenters. The van der Waals surface area contributed by atoms with E-state index in [9.17, 15) is 10.1 Å². The number of aryl methyl sites for hydroxylation is 1. The number of nitro groups is 1. The normalized spacial score (nSPS) is 10.9. The third-order valence-corrected chi connectivity index (χ3v) is 3.44. The number of nitrogens with zero attached hydrogens (tertiary/aromatic N) is 3. The van der Waals surface area contributed by atoms with Crippen molar-refractivity contribution in [2.24, 2.45) is 0 Å². The summed E-state index contributed by atoms with van der Waals surface area (Å²) in [6.07, 6.45) is 4.25. The molecule has 2 aromatic rings.